The van der Waals surface area contributed by atoms with Crippen molar-refractivity contribution in [2.45, 2.75) is 57.8 Å². The van der Waals surface area contributed by atoms with Crippen LogP contribution < -0.4 is 5.32 Å². The van der Waals surface area contributed by atoms with Crippen LogP contribution in [0.25, 0.3) is 0 Å². The van der Waals surface area contributed by atoms with Crippen molar-refractivity contribution in [2.24, 2.45) is 4.99 Å². The number of hydrogen-bond acceptors (Lipinski definition) is 5. The van der Waals surface area contributed by atoms with Gasteiger partial charge in [0.1, 0.15) is 10.8 Å². The van der Waals surface area contributed by atoms with Gasteiger partial charge in [0.25, 0.3) is 0 Å². The normalized spacial score (nSPS) is 27.4. The van der Waals surface area contributed by atoms with Gasteiger partial charge < -0.3 is 19.9 Å². The average Bonchev–Trinajstić information content (AvgIpc) is 2.84. The summed E-state index contributed by atoms with van der Waals surface area (Å²) in [6.45, 7) is 9.12. The summed E-state index contributed by atoms with van der Waals surface area (Å²) in [5.41, 5.74) is 0.0710. The molecule has 1 saturated heterocycles. The third kappa shape index (κ3) is 3.11. The summed E-state index contributed by atoms with van der Waals surface area (Å²) in [6, 6.07) is 0.321. The highest BCUT2D eigenvalue weighted by molar-refractivity contribution is 6.30. The molecule has 0 aromatic rings. The smallest absolute Gasteiger partial charge is 0.410 e. The second-order valence-corrected chi connectivity index (χ2v) is 7.95. The third-order valence-electron chi connectivity index (χ3n) is 4.67. The van der Waals surface area contributed by atoms with E-state index in [1.807, 2.05) is 26.8 Å². The molecule has 24 heavy (non-hydrogen) atoms. The quantitative estimate of drug-likeness (QED) is 0.737. The standard InChI is InChI=1S/C17H25ClN4O2/c1-16(2,3)24-15(23)21-8-5-12(6-9-21)22-10-7-13-14(18)19-11-20-17(13,22)4/h7,10-12H,5-6,8-9H2,1-4H3,(H,19,20). The third-order valence-corrected chi connectivity index (χ3v) is 4.98. The molecule has 1 fully saturated rings. The molecule has 3 aliphatic rings. The number of rotatable bonds is 1. The minimum absolute atomic E-state index is 0.229. The largest absolute Gasteiger partial charge is 0.444 e. The number of fused-ring (bicyclic) bond motifs is 1. The van der Waals surface area contributed by atoms with E-state index in [1.54, 1.807) is 11.2 Å². The molecule has 1 atom stereocenters. The van der Waals surface area contributed by atoms with Gasteiger partial charge in [0, 0.05) is 30.9 Å². The van der Waals surface area contributed by atoms with Crippen LogP contribution in [0.15, 0.2) is 28.0 Å². The Kier molecular flexibility index (Phi) is 4.28. The lowest BCUT2D eigenvalue weighted by atomic mass is 9.97. The van der Waals surface area contributed by atoms with Gasteiger partial charge in [-0.3, -0.25) is 0 Å². The van der Waals surface area contributed by atoms with Crippen molar-refractivity contribution in [3.8, 4) is 0 Å². The second-order valence-electron chi connectivity index (χ2n) is 7.57. The van der Waals surface area contributed by atoms with E-state index < -0.39 is 11.3 Å². The molecule has 1 N–H and O–H groups in total. The van der Waals surface area contributed by atoms with Crippen molar-refractivity contribution in [3.05, 3.63) is 23.0 Å². The van der Waals surface area contributed by atoms with Crippen molar-refractivity contribution in [1.82, 2.24) is 15.1 Å². The van der Waals surface area contributed by atoms with Crippen molar-refractivity contribution < 1.29 is 9.53 Å². The molecule has 0 saturated carbocycles. The molecule has 3 aliphatic heterocycles. The first-order valence-corrected chi connectivity index (χ1v) is 8.73. The average molecular weight is 353 g/mol. The Morgan fingerprint density at radius 3 is 2.71 bits per heavy atom. The van der Waals surface area contributed by atoms with E-state index in [0.29, 0.717) is 24.3 Å². The highest BCUT2D eigenvalue weighted by atomic mass is 35.5. The number of ether oxygens (including phenoxy) is 1. The topological polar surface area (TPSA) is 57.2 Å². The number of likely N-dealkylation sites (tertiary alicyclic amines) is 1. The van der Waals surface area contributed by atoms with E-state index in [0.717, 1.165) is 18.4 Å². The van der Waals surface area contributed by atoms with Crippen molar-refractivity contribution >= 4 is 24.0 Å². The van der Waals surface area contributed by atoms with Crippen LogP contribution in [0.2, 0.25) is 0 Å². The Labute approximate surface area is 148 Å². The van der Waals surface area contributed by atoms with Crippen LogP contribution >= 0.6 is 11.6 Å². The molecule has 6 nitrogen and oxygen atoms in total. The Balaban J connectivity index is 1.64. The number of carbonyl (C=O) groups is 1. The summed E-state index contributed by atoms with van der Waals surface area (Å²) in [7, 11) is 0. The maximum atomic E-state index is 12.2. The van der Waals surface area contributed by atoms with Crippen molar-refractivity contribution in [2.75, 3.05) is 13.1 Å². The summed E-state index contributed by atoms with van der Waals surface area (Å²) in [5, 5.41) is 3.57. The SMILES string of the molecule is CC(C)(C)OC(=O)N1CCC(N2C=CC3=C(Cl)NC=NC32C)CC1. The Morgan fingerprint density at radius 1 is 1.42 bits per heavy atom. The van der Waals surface area contributed by atoms with Gasteiger partial charge in [0.15, 0.2) is 5.66 Å². The number of carbonyl (C=O) groups excluding carboxylic acids is 1. The molecule has 0 aliphatic carbocycles. The Bertz CT molecular complexity index is 615. The summed E-state index contributed by atoms with van der Waals surface area (Å²) in [4.78, 5) is 20.9. The van der Waals surface area contributed by atoms with Gasteiger partial charge in [-0.25, -0.2) is 9.79 Å². The van der Waals surface area contributed by atoms with Gasteiger partial charge in [-0.05, 0) is 46.6 Å². The van der Waals surface area contributed by atoms with E-state index in [-0.39, 0.29) is 6.09 Å². The van der Waals surface area contributed by atoms with E-state index >= 15 is 0 Å². The molecule has 7 heteroatoms. The first-order valence-electron chi connectivity index (χ1n) is 8.36. The molecule has 1 amide bonds. The van der Waals surface area contributed by atoms with E-state index in [1.165, 1.54) is 0 Å². The van der Waals surface area contributed by atoms with E-state index in [4.69, 9.17) is 16.3 Å². The number of piperidine rings is 1. The van der Waals surface area contributed by atoms with E-state index in [2.05, 4.69) is 28.3 Å². The van der Waals surface area contributed by atoms with Crippen molar-refractivity contribution in [1.29, 1.82) is 0 Å². The molecule has 1 unspecified atom stereocenters. The molecule has 0 radical (unpaired) electrons. The number of amides is 1. The highest BCUT2D eigenvalue weighted by Crippen LogP contribution is 2.40. The van der Waals surface area contributed by atoms with Crippen LogP contribution in [0.5, 0.6) is 0 Å². The number of hydrogen-bond donors (Lipinski definition) is 1. The number of aliphatic imine (C=N–C) groups is 1. The van der Waals surface area contributed by atoms with Crippen LogP contribution in [-0.4, -0.2) is 52.6 Å². The molecular weight excluding hydrogens is 328 g/mol. The Morgan fingerprint density at radius 2 is 2.08 bits per heavy atom. The summed E-state index contributed by atoms with van der Waals surface area (Å²) < 4.78 is 5.46. The zero-order valence-corrected chi connectivity index (χ0v) is 15.4. The monoisotopic (exact) mass is 352 g/mol. The summed E-state index contributed by atoms with van der Waals surface area (Å²) >= 11 is 6.27. The molecule has 0 aromatic carbocycles. The van der Waals surface area contributed by atoms with Gasteiger partial charge in [-0.2, -0.15) is 0 Å². The molecule has 132 valence electrons. The van der Waals surface area contributed by atoms with Crippen molar-refractivity contribution in [3.63, 3.8) is 0 Å². The minimum atomic E-state index is -0.459. The number of nitrogens with zero attached hydrogens (tertiary/aromatic N) is 3. The van der Waals surface area contributed by atoms with Crippen LogP contribution in [0.3, 0.4) is 0 Å². The fraction of sp³-hybridized carbons (Fsp3) is 0.647. The minimum Gasteiger partial charge on any atom is -0.444 e. The molecule has 0 spiro atoms. The fourth-order valence-electron chi connectivity index (χ4n) is 3.44. The molecule has 3 heterocycles. The predicted octanol–water partition coefficient (Wildman–Crippen LogP) is 3.01. The van der Waals surface area contributed by atoms with Gasteiger partial charge in [0.05, 0.1) is 6.34 Å². The van der Waals surface area contributed by atoms with Gasteiger partial charge in [-0.15, -0.1) is 0 Å². The van der Waals surface area contributed by atoms with Crippen LogP contribution in [-0.2, 0) is 4.74 Å². The zero-order chi connectivity index (χ0) is 17.5. The maximum absolute atomic E-state index is 12.2. The summed E-state index contributed by atoms with van der Waals surface area (Å²) in [5.74, 6) is 0. The fourth-order valence-corrected chi connectivity index (χ4v) is 3.73. The first kappa shape index (κ1) is 17.1. The van der Waals surface area contributed by atoms with Gasteiger partial charge >= 0.3 is 6.09 Å². The van der Waals surface area contributed by atoms with Crippen LogP contribution in [0, 0.1) is 0 Å². The molecular formula is C17H25ClN4O2. The number of halogens is 1. The summed E-state index contributed by atoms with van der Waals surface area (Å²) in [6.07, 6.45) is 7.27. The highest BCUT2D eigenvalue weighted by Gasteiger charge is 2.44. The van der Waals surface area contributed by atoms with Gasteiger partial charge in [0.2, 0.25) is 0 Å². The second kappa shape index (κ2) is 5.99. The van der Waals surface area contributed by atoms with Crippen LogP contribution in [0.4, 0.5) is 4.79 Å². The lowest BCUT2D eigenvalue weighted by Crippen LogP contribution is -2.52. The van der Waals surface area contributed by atoms with E-state index in [9.17, 15) is 4.79 Å². The number of nitrogens with one attached hydrogen (secondary N) is 1. The molecule has 3 rings (SSSR count). The maximum Gasteiger partial charge on any atom is 0.410 e. The van der Waals surface area contributed by atoms with Crippen LogP contribution in [0.1, 0.15) is 40.5 Å². The predicted molar refractivity (Wildman–Crippen MR) is 94.7 cm³/mol. The molecule has 0 bridgehead atoms. The first-order chi connectivity index (χ1) is 11.2. The van der Waals surface area contributed by atoms with Gasteiger partial charge in [-0.1, -0.05) is 11.6 Å². The lowest BCUT2D eigenvalue weighted by molar-refractivity contribution is 0.0135. The zero-order valence-electron chi connectivity index (χ0n) is 14.7. The Hall–Kier alpha value is -1.69. The molecule has 0 aromatic heterocycles. The lowest BCUT2D eigenvalue weighted by Gasteiger charge is -2.44.